The Hall–Kier alpha value is -1.68. The molecule has 0 aliphatic heterocycles. The monoisotopic (exact) mass is 306 g/mol. The minimum Gasteiger partial charge on any atom is -0.384 e. The van der Waals surface area contributed by atoms with Crippen molar-refractivity contribution in [1.82, 2.24) is 10.3 Å². The lowest BCUT2D eigenvalue weighted by Gasteiger charge is -2.01. The van der Waals surface area contributed by atoms with Gasteiger partial charge in [0.25, 0.3) is 5.91 Å². The van der Waals surface area contributed by atoms with Crippen LogP contribution in [0, 0.1) is 25.7 Å². The predicted octanol–water partition coefficient (Wildman–Crippen LogP) is 2.10. The standard InChI is InChI=1S/C14H14N2O2S2/c1-9-13(19-10(2)16-9)14(18)15-8-12-6-5-11(20-12)4-3-7-17/h5-6,17H,7-8H2,1-2H3,(H,15,18). The van der Waals surface area contributed by atoms with Crippen LogP contribution in [0.4, 0.5) is 0 Å². The molecule has 0 bridgehead atoms. The molecular weight excluding hydrogens is 292 g/mol. The topological polar surface area (TPSA) is 62.2 Å². The van der Waals surface area contributed by atoms with Gasteiger partial charge in [-0.1, -0.05) is 11.8 Å². The summed E-state index contributed by atoms with van der Waals surface area (Å²) in [6.45, 7) is 4.06. The van der Waals surface area contributed by atoms with Crippen molar-refractivity contribution in [1.29, 1.82) is 0 Å². The predicted molar refractivity (Wildman–Crippen MR) is 81.0 cm³/mol. The molecule has 0 aliphatic carbocycles. The van der Waals surface area contributed by atoms with Crippen molar-refractivity contribution in [3.05, 3.63) is 37.5 Å². The van der Waals surface area contributed by atoms with Crippen LogP contribution < -0.4 is 5.32 Å². The van der Waals surface area contributed by atoms with Gasteiger partial charge in [-0.25, -0.2) is 4.98 Å². The highest BCUT2D eigenvalue weighted by Crippen LogP contribution is 2.18. The molecular formula is C14H14N2O2S2. The molecule has 0 aliphatic rings. The Bertz CT molecular complexity index is 677. The Morgan fingerprint density at radius 1 is 1.40 bits per heavy atom. The second-order valence-corrected chi connectivity index (χ2v) is 6.43. The second-order valence-electron chi connectivity index (χ2n) is 4.06. The summed E-state index contributed by atoms with van der Waals surface area (Å²) in [5.41, 5.74) is 0.769. The normalized spacial score (nSPS) is 9.95. The molecule has 2 aromatic heterocycles. The van der Waals surface area contributed by atoms with Crippen LogP contribution in [0.1, 0.15) is 30.1 Å². The first-order valence-corrected chi connectivity index (χ1v) is 7.64. The maximum atomic E-state index is 12.0. The number of aliphatic hydroxyl groups excluding tert-OH is 1. The van der Waals surface area contributed by atoms with Crippen LogP contribution in [0.5, 0.6) is 0 Å². The van der Waals surface area contributed by atoms with Crippen molar-refractivity contribution in [3.63, 3.8) is 0 Å². The summed E-state index contributed by atoms with van der Waals surface area (Å²) in [5.74, 6) is 5.35. The third-order valence-corrected chi connectivity index (χ3v) is 4.56. The van der Waals surface area contributed by atoms with Crippen LogP contribution in [0.15, 0.2) is 12.1 Å². The van der Waals surface area contributed by atoms with Crippen LogP contribution in [-0.2, 0) is 6.54 Å². The lowest BCUT2D eigenvalue weighted by Crippen LogP contribution is -2.22. The lowest BCUT2D eigenvalue weighted by atomic mass is 10.3. The fraction of sp³-hybridized carbons (Fsp3) is 0.286. The Morgan fingerprint density at radius 3 is 2.85 bits per heavy atom. The largest absolute Gasteiger partial charge is 0.384 e. The number of aromatic nitrogens is 1. The van der Waals surface area contributed by atoms with Gasteiger partial charge in [0, 0.05) is 4.88 Å². The van der Waals surface area contributed by atoms with Gasteiger partial charge < -0.3 is 10.4 Å². The highest BCUT2D eigenvalue weighted by molar-refractivity contribution is 7.13. The molecule has 0 saturated heterocycles. The molecule has 2 heterocycles. The molecule has 0 spiro atoms. The molecule has 0 atom stereocenters. The number of hydrogen-bond donors (Lipinski definition) is 2. The molecule has 2 N–H and O–H groups in total. The van der Waals surface area contributed by atoms with Crippen LogP contribution >= 0.6 is 22.7 Å². The smallest absolute Gasteiger partial charge is 0.263 e. The third-order valence-electron chi connectivity index (χ3n) is 2.49. The summed E-state index contributed by atoms with van der Waals surface area (Å²) in [4.78, 5) is 18.9. The van der Waals surface area contributed by atoms with Gasteiger partial charge in [0.2, 0.25) is 0 Å². The van der Waals surface area contributed by atoms with E-state index in [2.05, 4.69) is 22.1 Å². The van der Waals surface area contributed by atoms with Gasteiger partial charge in [-0.3, -0.25) is 4.79 Å². The summed E-state index contributed by atoms with van der Waals surface area (Å²) >= 11 is 2.91. The highest BCUT2D eigenvalue weighted by atomic mass is 32.1. The maximum Gasteiger partial charge on any atom is 0.263 e. The fourth-order valence-electron chi connectivity index (χ4n) is 1.66. The number of thiazole rings is 1. The van der Waals surface area contributed by atoms with E-state index in [0.29, 0.717) is 11.4 Å². The first kappa shape index (κ1) is 14.7. The van der Waals surface area contributed by atoms with E-state index in [1.54, 1.807) is 0 Å². The number of rotatable bonds is 3. The summed E-state index contributed by atoms with van der Waals surface area (Å²) in [6.07, 6.45) is 0. The fourth-order valence-corrected chi connectivity index (χ4v) is 3.31. The number of carbonyl (C=O) groups is 1. The molecule has 0 unspecified atom stereocenters. The second kappa shape index (κ2) is 6.66. The van der Waals surface area contributed by atoms with Crippen molar-refractivity contribution < 1.29 is 9.90 Å². The molecule has 0 fully saturated rings. The number of amides is 1. The minimum absolute atomic E-state index is 0.0931. The van der Waals surface area contributed by atoms with Crippen molar-refractivity contribution in [2.45, 2.75) is 20.4 Å². The van der Waals surface area contributed by atoms with Crippen LogP contribution in [0.2, 0.25) is 0 Å². The van der Waals surface area contributed by atoms with E-state index in [4.69, 9.17) is 5.11 Å². The number of thiophene rings is 1. The maximum absolute atomic E-state index is 12.0. The summed E-state index contributed by atoms with van der Waals surface area (Å²) in [7, 11) is 0. The van der Waals surface area contributed by atoms with Crippen molar-refractivity contribution in [2.24, 2.45) is 0 Å². The van der Waals surface area contributed by atoms with E-state index in [9.17, 15) is 4.79 Å². The molecule has 104 valence electrons. The van der Waals surface area contributed by atoms with Gasteiger partial charge in [-0.2, -0.15) is 0 Å². The molecule has 0 radical (unpaired) electrons. The van der Waals surface area contributed by atoms with Crippen LogP contribution in [-0.4, -0.2) is 22.6 Å². The van der Waals surface area contributed by atoms with Crippen molar-refractivity contribution in [3.8, 4) is 11.8 Å². The number of carbonyl (C=O) groups excluding carboxylic acids is 1. The van der Waals surface area contributed by atoms with E-state index in [1.165, 1.54) is 22.7 Å². The van der Waals surface area contributed by atoms with Crippen LogP contribution in [0.3, 0.4) is 0 Å². The van der Waals surface area contributed by atoms with E-state index < -0.39 is 0 Å². The molecule has 0 aromatic carbocycles. The highest BCUT2D eigenvalue weighted by Gasteiger charge is 2.13. The van der Waals surface area contributed by atoms with E-state index >= 15 is 0 Å². The number of nitrogens with zero attached hydrogens (tertiary/aromatic N) is 1. The molecule has 0 saturated carbocycles. The number of nitrogens with one attached hydrogen (secondary N) is 1. The Morgan fingerprint density at radius 2 is 2.20 bits per heavy atom. The molecule has 4 nitrogen and oxygen atoms in total. The molecule has 1 amide bonds. The number of aryl methyl sites for hydroxylation is 2. The molecule has 2 aromatic rings. The van der Waals surface area contributed by atoms with E-state index in [0.717, 1.165) is 20.5 Å². The zero-order chi connectivity index (χ0) is 14.5. The van der Waals surface area contributed by atoms with Gasteiger partial charge in [-0.15, -0.1) is 22.7 Å². The zero-order valence-corrected chi connectivity index (χ0v) is 12.8. The van der Waals surface area contributed by atoms with Gasteiger partial charge in [-0.05, 0) is 26.0 Å². The lowest BCUT2D eigenvalue weighted by molar-refractivity contribution is 0.0954. The average Bonchev–Trinajstić information content (AvgIpc) is 3.00. The van der Waals surface area contributed by atoms with E-state index in [1.807, 2.05) is 26.0 Å². The Kier molecular flexibility index (Phi) is 4.90. The molecule has 20 heavy (non-hydrogen) atoms. The summed E-state index contributed by atoms with van der Waals surface area (Å²) < 4.78 is 0. The summed E-state index contributed by atoms with van der Waals surface area (Å²) in [5, 5.41) is 12.4. The quantitative estimate of drug-likeness (QED) is 0.854. The van der Waals surface area contributed by atoms with Crippen molar-refractivity contribution >= 4 is 28.6 Å². The summed E-state index contributed by atoms with van der Waals surface area (Å²) in [6, 6.07) is 3.81. The van der Waals surface area contributed by atoms with Gasteiger partial charge in [0.1, 0.15) is 11.5 Å². The Balaban J connectivity index is 1.96. The van der Waals surface area contributed by atoms with Gasteiger partial charge >= 0.3 is 0 Å². The Labute approximate surface area is 125 Å². The van der Waals surface area contributed by atoms with Crippen LogP contribution in [0.25, 0.3) is 0 Å². The molecule has 2 rings (SSSR count). The first-order valence-electron chi connectivity index (χ1n) is 6.01. The minimum atomic E-state index is -0.145. The number of aliphatic hydroxyl groups is 1. The van der Waals surface area contributed by atoms with Gasteiger partial charge in [0.15, 0.2) is 0 Å². The van der Waals surface area contributed by atoms with Crippen molar-refractivity contribution in [2.75, 3.05) is 6.61 Å². The molecule has 6 heteroatoms. The average molecular weight is 306 g/mol. The third kappa shape index (κ3) is 3.67. The zero-order valence-electron chi connectivity index (χ0n) is 11.2. The SMILES string of the molecule is Cc1nc(C)c(C(=O)NCc2ccc(C#CCO)s2)s1. The van der Waals surface area contributed by atoms with Gasteiger partial charge in [0.05, 0.1) is 22.1 Å². The van der Waals surface area contributed by atoms with E-state index in [-0.39, 0.29) is 12.5 Å². The number of hydrogen-bond acceptors (Lipinski definition) is 5. The first-order chi connectivity index (χ1) is 9.60.